The van der Waals surface area contributed by atoms with Crippen molar-refractivity contribution >= 4 is 6.09 Å². The smallest absolute Gasteiger partial charge is 0.410 e. The lowest BCUT2D eigenvalue weighted by atomic mass is 10.1. The van der Waals surface area contributed by atoms with Crippen LogP contribution < -0.4 is 0 Å². The first kappa shape index (κ1) is 15.8. The molecule has 0 aromatic rings. The third-order valence-electron chi connectivity index (χ3n) is 3.21. The standard InChI is InChI=1S/C14H25N3O2/c1-13(2,3)19-12(18)16-7-6-8-17(10-9-16)14(4,5)11-15/h6-10H2,1-5H3. The molecule has 0 unspecified atom stereocenters. The first-order valence-corrected chi connectivity index (χ1v) is 6.80. The summed E-state index contributed by atoms with van der Waals surface area (Å²) in [4.78, 5) is 15.9. The number of hydrogen-bond donors (Lipinski definition) is 0. The van der Waals surface area contributed by atoms with Gasteiger partial charge in [-0.25, -0.2) is 4.79 Å². The second-order valence-electron chi connectivity index (χ2n) is 6.48. The minimum Gasteiger partial charge on any atom is -0.444 e. The normalized spacial score (nSPS) is 18.6. The zero-order valence-electron chi connectivity index (χ0n) is 12.7. The van der Waals surface area contributed by atoms with Gasteiger partial charge in [0.1, 0.15) is 11.1 Å². The summed E-state index contributed by atoms with van der Waals surface area (Å²) >= 11 is 0. The largest absolute Gasteiger partial charge is 0.444 e. The predicted molar refractivity (Wildman–Crippen MR) is 73.7 cm³/mol. The van der Waals surface area contributed by atoms with Gasteiger partial charge in [-0.1, -0.05) is 0 Å². The van der Waals surface area contributed by atoms with Gasteiger partial charge >= 0.3 is 6.09 Å². The number of nitrogens with zero attached hydrogens (tertiary/aromatic N) is 3. The molecule has 1 aliphatic heterocycles. The highest BCUT2D eigenvalue weighted by molar-refractivity contribution is 5.68. The fourth-order valence-electron chi connectivity index (χ4n) is 2.06. The summed E-state index contributed by atoms with van der Waals surface area (Å²) in [5.41, 5.74) is -0.945. The fourth-order valence-corrected chi connectivity index (χ4v) is 2.06. The van der Waals surface area contributed by atoms with Gasteiger partial charge in [0.2, 0.25) is 0 Å². The third-order valence-corrected chi connectivity index (χ3v) is 3.21. The van der Waals surface area contributed by atoms with E-state index < -0.39 is 11.1 Å². The van der Waals surface area contributed by atoms with Gasteiger partial charge in [-0.2, -0.15) is 5.26 Å². The molecule has 0 bridgehead atoms. The number of nitriles is 1. The van der Waals surface area contributed by atoms with Crippen LogP contribution in [0.1, 0.15) is 41.0 Å². The van der Waals surface area contributed by atoms with Gasteiger partial charge in [0.15, 0.2) is 0 Å². The number of amides is 1. The predicted octanol–water partition coefficient (Wildman–Crippen LogP) is 2.23. The Labute approximate surface area is 116 Å². The molecule has 1 amide bonds. The van der Waals surface area contributed by atoms with E-state index in [9.17, 15) is 4.79 Å². The zero-order chi connectivity index (χ0) is 14.7. The van der Waals surface area contributed by atoms with E-state index >= 15 is 0 Å². The third kappa shape index (κ3) is 4.71. The van der Waals surface area contributed by atoms with Crippen molar-refractivity contribution in [2.75, 3.05) is 26.2 Å². The van der Waals surface area contributed by atoms with E-state index in [1.165, 1.54) is 0 Å². The second-order valence-corrected chi connectivity index (χ2v) is 6.48. The lowest BCUT2D eigenvalue weighted by Gasteiger charge is -2.31. The molecule has 5 nitrogen and oxygen atoms in total. The van der Waals surface area contributed by atoms with Crippen LogP contribution in [0.15, 0.2) is 0 Å². The first-order valence-electron chi connectivity index (χ1n) is 6.80. The van der Waals surface area contributed by atoms with Crippen molar-refractivity contribution in [3.63, 3.8) is 0 Å². The quantitative estimate of drug-likeness (QED) is 0.731. The monoisotopic (exact) mass is 267 g/mol. The van der Waals surface area contributed by atoms with Crippen LogP contribution in [0.2, 0.25) is 0 Å². The molecule has 1 aliphatic rings. The molecular formula is C14H25N3O2. The molecule has 108 valence electrons. The van der Waals surface area contributed by atoms with Crippen LogP contribution in [0, 0.1) is 11.3 Å². The number of carbonyl (C=O) groups is 1. The van der Waals surface area contributed by atoms with Gasteiger partial charge in [-0.15, -0.1) is 0 Å². The van der Waals surface area contributed by atoms with Crippen molar-refractivity contribution in [2.24, 2.45) is 0 Å². The maximum Gasteiger partial charge on any atom is 0.410 e. The molecule has 0 aromatic carbocycles. The number of rotatable bonds is 1. The van der Waals surface area contributed by atoms with Crippen LogP contribution in [0.4, 0.5) is 4.79 Å². The molecule has 1 saturated heterocycles. The zero-order valence-corrected chi connectivity index (χ0v) is 12.7. The molecule has 1 rings (SSSR count). The first-order chi connectivity index (χ1) is 8.65. The molecule has 1 fully saturated rings. The second kappa shape index (κ2) is 5.79. The molecule has 0 aliphatic carbocycles. The van der Waals surface area contributed by atoms with E-state index in [1.807, 2.05) is 34.6 Å². The van der Waals surface area contributed by atoms with E-state index in [0.29, 0.717) is 19.6 Å². The maximum atomic E-state index is 12.0. The summed E-state index contributed by atoms with van der Waals surface area (Å²) in [6.07, 6.45) is 0.605. The summed E-state index contributed by atoms with van der Waals surface area (Å²) in [6.45, 7) is 12.3. The molecule has 0 spiro atoms. The van der Waals surface area contributed by atoms with Gasteiger partial charge in [0, 0.05) is 26.2 Å². The Morgan fingerprint density at radius 1 is 1.11 bits per heavy atom. The molecule has 19 heavy (non-hydrogen) atoms. The van der Waals surface area contributed by atoms with Crippen molar-refractivity contribution in [3.8, 4) is 6.07 Å². The number of carbonyl (C=O) groups excluding carboxylic acids is 1. The molecule has 0 aromatic heterocycles. The molecule has 0 atom stereocenters. The summed E-state index contributed by atoms with van der Waals surface area (Å²) in [5.74, 6) is 0. The highest BCUT2D eigenvalue weighted by atomic mass is 16.6. The number of hydrogen-bond acceptors (Lipinski definition) is 4. The molecule has 1 heterocycles. The van der Waals surface area contributed by atoms with Gasteiger partial charge in [0.25, 0.3) is 0 Å². The Hall–Kier alpha value is -1.28. The van der Waals surface area contributed by atoms with E-state index in [2.05, 4.69) is 11.0 Å². The van der Waals surface area contributed by atoms with Crippen LogP contribution in [0.25, 0.3) is 0 Å². The SMILES string of the molecule is CC(C)(C)OC(=O)N1CCCN(C(C)(C)C#N)CC1. The van der Waals surface area contributed by atoms with Crippen LogP contribution in [-0.4, -0.2) is 53.2 Å². The minimum atomic E-state index is -0.482. The van der Waals surface area contributed by atoms with E-state index in [1.54, 1.807) is 4.90 Å². The Balaban J connectivity index is 2.60. The van der Waals surface area contributed by atoms with E-state index in [4.69, 9.17) is 10.00 Å². The van der Waals surface area contributed by atoms with Gasteiger partial charge in [-0.05, 0) is 41.0 Å². The van der Waals surface area contributed by atoms with Crippen LogP contribution >= 0.6 is 0 Å². The maximum absolute atomic E-state index is 12.0. The Kier molecular flexibility index (Phi) is 4.81. The summed E-state index contributed by atoms with van der Waals surface area (Å²) in [5, 5.41) is 9.17. The Morgan fingerprint density at radius 3 is 2.26 bits per heavy atom. The van der Waals surface area contributed by atoms with Gasteiger partial charge in [-0.3, -0.25) is 4.90 Å². The molecule has 0 radical (unpaired) electrons. The summed E-state index contributed by atoms with van der Waals surface area (Å²) in [7, 11) is 0. The highest BCUT2D eigenvalue weighted by Gasteiger charge is 2.30. The topological polar surface area (TPSA) is 56.6 Å². The van der Waals surface area contributed by atoms with Crippen molar-refractivity contribution in [2.45, 2.75) is 52.2 Å². The molecular weight excluding hydrogens is 242 g/mol. The van der Waals surface area contributed by atoms with Crippen LogP contribution in [0.3, 0.4) is 0 Å². The van der Waals surface area contributed by atoms with Crippen molar-refractivity contribution in [3.05, 3.63) is 0 Å². The summed E-state index contributed by atoms with van der Waals surface area (Å²) in [6, 6.07) is 2.31. The van der Waals surface area contributed by atoms with Gasteiger partial charge < -0.3 is 9.64 Å². The fraction of sp³-hybridized carbons (Fsp3) is 0.857. The minimum absolute atomic E-state index is 0.260. The van der Waals surface area contributed by atoms with Crippen molar-refractivity contribution < 1.29 is 9.53 Å². The van der Waals surface area contributed by atoms with Crippen LogP contribution in [-0.2, 0) is 4.74 Å². The van der Waals surface area contributed by atoms with E-state index in [0.717, 1.165) is 13.0 Å². The van der Waals surface area contributed by atoms with Crippen LogP contribution in [0.5, 0.6) is 0 Å². The summed E-state index contributed by atoms with van der Waals surface area (Å²) < 4.78 is 5.38. The Morgan fingerprint density at radius 2 is 1.74 bits per heavy atom. The lowest BCUT2D eigenvalue weighted by molar-refractivity contribution is 0.0253. The lowest BCUT2D eigenvalue weighted by Crippen LogP contribution is -2.45. The average molecular weight is 267 g/mol. The molecule has 0 saturated carbocycles. The Bertz CT molecular complexity index is 366. The molecule has 5 heteroatoms. The average Bonchev–Trinajstić information content (AvgIpc) is 2.52. The molecule has 0 N–H and O–H groups in total. The van der Waals surface area contributed by atoms with Gasteiger partial charge in [0.05, 0.1) is 6.07 Å². The number of ether oxygens (including phenoxy) is 1. The van der Waals surface area contributed by atoms with E-state index in [-0.39, 0.29) is 6.09 Å². The highest BCUT2D eigenvalue weighted by Crippen LogP contribution is 2.17. The van der Waals surface area contributed by atoms with Crippen molar-refractivity contribution in [1.29, 1.82) is 5.26 Å². The van der Waals surface area contributed by atoms with Crippen molar-refractivity contribution in [1.82, 2.24) is 9.80 Å².